The highest BCUT2D eigenvalue weighted by Crippen LogP contribution is 2.38. The molecule has 1 aromatic heterocycles. The zero-order chi connectivity index (χ0) is 36.5. The number of hydrogen-bond acceptors (Lipinski definition) is 9. The van der Waals surface area contributed by atoms with Crippen molar-refractivity contribution in [1.29, 1.82) is 0 Å². The highest BCUT2D eigenvalue weighted by atomic mass is 32.2. The minimum atomic E-state index is -0.588. The average Bonchev–Trinajstić information content (AvgIpc) is 3.49. The Morgan fingerprint density at radius 2 is 1.73 bits per heavy atom. The Hall–Kier alpha value is -5.40. The van der Waals surface area contributed by atoms with Crippen molar-refractivity contribution in [1.82, 2.24) is 10.2 Å². The fourth-order valence-corrected chi connectivity index (χ4v) is 7.49. The fraction of sp³-hybridized carbons (Fsp3) is 0.237. The van der Waals surface area contributed by atoms with Gasteiger partial charge in [-0.05, 0) is 79.9 Å². The van der Waals surface area contributed by atoms with E-state index >= 15 is 0 Å². The molecule has 5 rings (SSSR count). The summed E-state index contributed by atoms with van der Waals surface area (Å²) in [6.45, 7) is 6.02. The zero-order valence-corrected chi connectivity index (χ0v) is 30.2. The first kappa shape index (κ1) is 36.9. The van der Waals surface area contributed by atoms with Crippen molar-refractivity contribution >= 4 is 69.5 Å². The van der Waals surface area contributed by atoms with Gasteiger partial charge in [0.2, 0.25) is 11.8 Å². The van der Waals surface area contributed by atoms with Gasteiger partial charge in [-0.15, -0.1) is 23.1 Å². The van der Waals surface area contributed by atoms with Gasteiger partial charge in [0.05, 0.1) is 31.1 Å². The van der Waals surface area contributed by atoms with Crippen LogP contribution < -0.4 is 20.7 Å². The van der Waals surface area contributed by atoms with Crippen molar-refractivity contribution in [3.05, 3.63) is 112 Å². The molecule has 1 aliphatic heterocycles. The average molecular weight is 727 g/mol. The molecule has 0 saturated heterocycles. The Kier molecular flexibility index (Phi) is 12.3. The standard InChI is InChI=1S/C38H38N4O7S2/c1-5-49-38(47)33-30-18-19-42(24(3)43)22-32(30)51-37(33)41-34(44)23(2)50-29-13-9-12-27(21-29)39-36(46)31(20-25-14-16-28(48-4)17-15-25)40-35(45)26-10-7-6-8-11-26/h6-17,20-21,23H,5,18-19,22H2,1-4H3,(H,39,46)(H,40,45)(H,41,44)/b31-20+. The van der Waals surface area contributed by atoms with Crippen LogP contribution in [0.5, 0.6) is 5.75 Å². The lowest BCUT2D eigenvalue weighted by molar-refractivity contribution is -0.129. The molecule has 51 heavy (non-hydrogen) atoms. The lowest BCUT2D eigenvalue weighted by Gasteiger charge is -2.25. The van der Waals surface area contributed by atoms with E-state index in [1.165, 1.54) is 30.0 Å². The number of methoxy groups -OCH3 is 1. The highest BCUT2D eigenvalue weighted by molar-refractivity contribution is 8.00. The normalized spacial score (nSPS) is 13.0. The predicted molar refractivity (Wildman–Crippen MR) is 199 cm³/mol. The third-order valence-electron chi connectivity index (χ3n) is 7.95. The van der Waals surface area contributed by atoms with Crippen LogP contribution in [0.15, 0.2) is 89.5 Å². The van der Waals surface area contributed by atoms with E-state index in [0.29, 0.717) is 57.5 Å². The summed E-state index contributed by atoms with van der Waals surface area (Å²) in [5, 5.41) is 8.32. The van der Waals surface area contributed by atoms with E-state index in [9.17, 15) is 24.0 Å². The van der Waals surface area contributed by atoms with Gasteiger partial charge in [0, 0.05) is 34.5 Å². The summed E-state index contributed by atoms with van der Waals surface area (Å²) in [4.78, 5) is 68.3. The summed E-state index contributed by atoms with van der Waals surface area (Å²) in [6, 6.07) is 22.7. The first-order valence-electron chi connectivity index (χ1n) is 16.2. The van der Waals surface area contributed by atoms with Gasteiger partial charge < -0.3 is 30.3 Å². The molecule has 0 aliphatic carbocycles. The van der Waals surface area contributed by atoms with Gasteiger partial charge in [-0.25, -0.2) is 4.79 Å². The first-order valence-corrected chi connectivity index (χ1v) is 17.9. The summed E-state index contributed by atoms with van der Waals surface area (Å²) >= 11 is 2.56. The number of benzene rings is 3. The maximum atomic E-state index is 13.6. The van der Waals surface area contributed by atoms with Gasteiger partial charge in [-0.3, -0.25) is 19.2 Å². The van der Waals surface area contributed by atoms with Crippen LogP contribution in [0.4, 0.5) is 10.7 Å². The predicted octanol–water partition coefficient (Wildman–Crippen LogP) is 6.37. The molecule has 0 radical (unpaired) electrons. The van der Waals surface area contributed by atoms with Crippen molar-refractivity contribution in [2.45, 2.75) is 43.9 Å². The quantitative estimate of drug-likeness (QED) is 0.0869. The molecule has 0 bridgehead atoms. The Morgan fingerprint density at radius 1 is 0.980 bits per heavy atom. The second kappa shape index (κ2) is 17.0. The van der Waals surface area contributed by atoms with E-state index < -0.39 is 23.0 Å². The monoisotopic (exact) mass is 726 g/mol. The van der Waals surface area contributed by atoms with E-state index in [0.717, 1.165) is 10.4 Å². The molecule has 1 atom stereocenters. The van der Waals surface area contributed by atoms with E-state index in [4.69, 9.17) is 9.47 Å². The number of hydrogen-bond donors (Lipinski definition) is 3. The number of anilines is 2. The van der Waals surface area contributed by atoms with Gasteiger partial charge in [0.1, 0.15) is 16.4 Å². The van der Waals surface area contributed by atoms with E-state index in [1.54, 1.807) is 105 Å². The molecular weight excluding hydrogens is 689 g/mol. The molecule has 0 fully saturated rings. The van der Waals surface area contributed by atoms with Crippen molar-refractivity contribution in [3.8, 4) is 5.75 Å². The maximum Gasteiger partial charge on any atom is 0.341 e. The number of ether oxygens (including phenoxy) is 2. The molecule has 0 saturated carbocycles. The van der Waals surface area contributed by atoms with Crippen LogP contribution in [-0.2, 0) is 32.1 Å². The minimum Gasteiger partial charge on any atom is -0.497 e. The minimum absolute atomic E-state index is 0.0299. The van der Waals surface area contributed by atoms with Crippen LogP contribution in [0.1, 0.15) is 57.5 Å². The molecular formula is C38H38N4O7S2. The van der Waals surface area contributed by atoms with Gasteiger partial charge in [0.25, 0.3) is 11.8 Å². The number of amides is 4. The number of rotatable bonds is 12. The molecule has 4 amide bonds. The van der Waals surface area contributed by atoms with Crippen LogP contribution in [0, 0.1) is 0 Å². The maximum absolute atomic E-state index is 13.6. The smallest absolute Gasteiger partial charge is 0.341 e. The Morgan fingerprint density at radius 3 is 2.41 bits per heavy atom. The van der Waals surface area contributed by atoms with Crippen molar-refractivity contribution in [2.75, 3.05) is 30.9 Å². The summed E-state index contributed by atoms with van der Waals surface area (Å²) in [6.07, 6.45) is 2.07. The summed E-state index contributed by atoms with van der Waals surface area (Å²) in [5.41, 5.74) is 2.70. The number of thioether (sulfide) groups is 1. The summed E-state index contributed by atoms with van der Waals surface area (Å²) in [5.74, 6) is -1.22. The molecule has 11 nitrogen and oxygen atoms in total. The molecule has 2 heterocycles. The first-order chi connectivity index (χ1) is 24.6. The van der Waals surface area contributed by atoms with E-state index in [2.05, 4.69) is 16.0 Å². The number of thiophene rings is 1. The van der Waals surface area contributed by atoms with Crippen molar-refractivity contribution < 1.29 is 33.4 Å². The number of fused-ring (bicyclic) bond motifs is 1. The summed E-state index contributed by atoms with van der Waals surface area (Å²) < 4.78 is 10.5. The third kappa shape index (κ3) is 9.44. The highest BCUT2D eigenvalue weighted by Gasteiger charge is 2.31. The SMILES string of the molecule is CCOC(=O)c1c(NC(=O)C(C)Sc2cccc(NC(=O)/C(=C\c3ccc(OC)cc3)NC(=O)c3ccccc3)c2)sc2c1CCN(C(C)=O)C2. The molecule has 13 heteroatoms. The number of nitrogens with zero attached hydrogens (tertiary/aromatic N) is 1. The van der Waals surface area contributed by atoms with Crippen LogP contribution in [0.2, 0.25) is 0 Å². The number of nitrogens with one attached hydrogen (secondary N) is 3. The number of carbonyl (C=O) groups is 5. The van der Waals surface area contributed by atoms with Crippen LogP contribution in [0.25, 0.3) is 6.08 Å². The molecule has 1 unspecified atom stereocenters. The topological polar surface area (TPSA) is 143 Å². The van der Waals surface area contributed by atoms with Gasteiger partial charge in [0.15, 0.2) is 0 Å². The van der Waals surface area contributed by atoms with Gasteiger partial charge in [-0.1, -0.05) is 36.4 Å². The lowest BCUT2D eigenvalue weighted by atomic mass is 10.0. The molecule has 1 aliphatic rings. The van der Waals surface area contributed by atoms with Gasteiger partial charge in [-0.2, -0.15) is 0 Å². The third-order valence-corrected chi connectivity index (χ3v) is 10.2. The number of carbonyl (C=O) groups excluding carboxylic acids is 5. The molecule has 3 aromatic carbocycles. The van der Waals surface area contributed by atoms with Crippen LogP contribution >= 0.6 is 23.1 Å². The second-order valence-corrected chi connectivity index (χ2v) is 14.0. The van der Waals surface area contributed by atoms with Crippen molar-refractivity contribution in [3.63, 3.8) is 0 Å². The second-order valence-electron chi connectivity index (χ2n) is 11.5. The Bertz CT molecular complexity index is 1960. The zero-order valence-electron chi connectivity index (χ0n) is 28.6. The van der Waals surface area contributed by atoms with Gasteiger partial charge >= 0.3 is 5.97 Å². The number of esters is 1. The molecule has 3 N–H and O–H groups in total. The largest absolute Gasteiger partial charge is 0.497 e. The van der Waals surface area contributed by atoms with Crippen LogP contribution in [-0.4, -0.2) is 60.0 Å². The fourth-order valence-electron chi connectivity index (χ4n) is 5.31. The Labute approximate surface area is 304 Å². The molecule has 4 aromatic rings. The van der Waals surface area contributed by atoms with E-state index in [-0.39, 0.29) is 24.1 Å². The Balaban J connectivity index is 1.30. The lowest BCUT2D eigenvalue weighted by Crippen LogP contribution is -2.34. The molecule has 0 spiro atoms. The molecule has 264 valence electrons. The van der Waals surface area contributed by atoms with Crippen LogP contribution in [0.3, 0.4) is 0 Å². The van der Waals surface area contributed by atoms with E-state index in [1.807, 2.05) is 6.07 Å². The van der Waals surface area contributed by atoms with Crippen molar-refractivity contribution in [2.24, 2.45) is 0 Å². The summed E-state index contributed by atoms with van der Waals surface area (Å²) in [7, 11) is 1.56.